The number of nitrogens with one attached hydrogen (secondary N) is 1. The van der Waals surface area contributed by atoms with E-state index in [1.54, 1.807) is 24.1 Å². The minimum atomic E-state index is -0.434. The van der Waals surface area contributed by atoms with Crippen LogP contribution in [-0.4, -0.2) is 35.6 Å². The van der Waals surface area contributed by atoms with Gasteiger partial charge in [-0.3, -0.25) is 9.59 Å². The van der Waals surface area contributed by atoms with Crippen LogP contribution in [0.25, 0.3) is 22.8 Å². The number of ether oxygens (including phenoxy) is 1. The summed E-state index contributed by atoms with van der Waals surface area (Å²) in [7, 11) is 1.61. The number of anilines is 2. The monoisotopic (exact) mass is 468 g/mol. The van der Waals surface area contributed by atoms with Gasteiger partial charge in [-0.1, -0.05) is 29.4 Å². The first-order valence-electron chi connectivity index (χ1n) is 11.3. The number of aryl methyl sites for hydroxylation is 1. The number of hydrogen-bond donors (Lipinski definition) is 1. The Morgan fingerprint density at radius 2 is 1.86 bits per heavy atom. The van der Waals surface area contributed by atoms with Gasteiger partial charge in [0, 0.05) is 35.5 Å². The number of nitrogens with zero attached hydrogens (tertiary/aromatic N) is 3. The van der Waals surface area contributed by atoms with Gasteiger partial charge in [0.1, 0.15) is 5.75 Å². The molecule has 4 aromatic rings. The van der Waals surface area contributed by atoms with Crippen LogP contribution < -0.4 is 15.0 Å². The molecule has 1 saturated heterocycles. The quantitative estimate of drug-likeness (QED) is 0.440. The van der Waals surface area contributed by atoms with Gasteiger partial charge < -0.3 is 19.5 Å². The van der Waals surface area contributed by atoms with Crippen LogP contribution in [0.15, 0.2) is 77.3 Å². The van der Waals surface area contributed by atoms with Gasteiger partial charge in [0.05, 0.1) is 13.0 Å². The van der Waals surface area contributed by atoms with Gasteiger partial charge in [-0.25, -0.2) is 0 Å². The number of benzene rings is 3. The molecule has 0 spiro atoms. The third kappa shape index (κ3) is 4.63. The summed E-state index contributed by atoms with van der Waals surface area (Å²) >= 11 is 0. The van der Waals surface area contributed by atoms with Gasteiger partial charge in [-0.15, -0.1) is 0 Å². The lowest BCUT2D eigenvalue weighted by Crippen LogP contribution is -2.28. The number of amides is 2. The number of hydrogen-bond acceptors (Lipinski definition) is 6. The molecule has 0 radical (unpaired) electrons. The minimum Gasteiger partial charge on any atom is -0.497 e. The van der Waals surface area contributed by atoms with Crippen molar-refractivity contribution >= 4 is 23.2 Å². The van der Waals surface area contributed by atoms with Crippen molar-refractivity contribution in [1.29, 1.82) is 0 Å². The third-order valence-electron chi connectivity index (χ3n) is 6.05. The number of rotatable bonds is 6. The van der Waals surface area contributed by atoms with E-state index < -0.39 is 5.92 Å². The highest BCUT2D eigenvalue weighted by Gasteiger charge is 2.35. The maximum Gasteiger partial charge on any atom is 0.258 e. The average molecular weight is 469 g/mol. The fourth-order valence-corrected chi connectivity index (χ4v) is 4.15. The average Bonchev–Trinajstić information content (AvgIpc) is 3.52. The standard InChI is InChI=1S/C27H24N4O4/c1-17-6-3-4-9-23(17)31-16-20(15-24(31)32)26(33)28-21-8-5-7-19(14-21)27-29-25(30-35-27)18-10-12-22(34-2)13-11-18/h3-14,20H,15-16H2,1-2H3,(H,28,33)/t20-/m1/s1. The van der Waals surface area contributed by atoms with Crippen LogP contribution in [0.4, 0.5) is 11.4 Å². The Morgan fingerprint density at radius 3 is 2.63 bits per heavy atom. The number of carbonyl (C=O) groups excluding carboxylic acids is 2. The lowest BCUT2D eigenvalue weighted by atomic mass is 10.1. The van der Waals surface area contributed by atoms with E-state index in [0.29, 0.717) is 29.5 Å². The molecule has 35 heavy (non-hydrogen) atoms. The zero-order valence-electron chi connectivity index (χ0n) is 19.4. The minimum absolute atomic E-state index is 0.0508. The summed E-state index contributed by atoms with van der Waals surface area (Å²) in [6, 6.07) is 22.3. The Balaban J connectivity index is 1.28. The number of aromatic nitrogens is 2. The van der Waals surface area contributed by atoms with Crippen LogP contribution in [0.3, 0.4) is 0 Å². The Morgan fingerprint density at radius 1 is 1.06 bits per heavy atom. The number of para-hydroxylation sites is 1. The molecule has 0 unspecified atom stereocenters. The first-order valence-corrected chi connectivity index (χ1v) is 11.3. The molecule has 8 nitrogen and oxygen atoms in total. The van der Waals surface area contributed by atoms with Crippen molar-refractivity contribution in [2.75, 3.05) is 23.9 Å². The van der Waals surface area contributed by atoms with Crippen LogP contribution >= 0.6 is 0 Å². The van der Waals surface area contributed by atoms with Crippen molar-refractivity contribution in [1.82, 2.24) is 10.1 Å². The van der Waals surface area contributed by atoms with Crippen molar-refractivity contribution in [3.8, 4) is 28.6 Å². The molecule has 1 atom stereocenters. The molecular weight excluding hydrogens is 444 g/mol. The summed E-state index contributed by atoms with van der Waals surface area (Å²) in [4.78, 5) is 31.7. The van der Waals surface area contributed by atoms with Gasteiger partial charge in [-0.2, -0.15) is 4.98 Å². The molecule has 0 bridgehead atoms. The normalized spacial score (nSPS) is 15.3. The predicted molar refractivity (Wildman–Crippen MR) is 132 cm³/mol. The van der Waals surface area contributed by atoms with Crippen molar-refractivity contribution in [2.45, 2.75) is 13.3 Å². The molecule has 2 heterocycles. The third-order valence-corrected chi connectivity index (χ3v) is 6.05. The van der Waals surface area contributed by atoms with E-state index in [4.69, 9.17) is 9.26 Å². The first kappa shape index (κ1) is 22.3. The molecule has 0 saturated carbocycles. The lowest BCUT2D eigenvalue weighted by Gasteiger charge is -2.19. The molecule has 1 aliphatic rings. The van der Waals surface area contributed by atoms with Crippen molar-refractivity contribution in [3.05, 3.63) is 78.4 Å². The number of methoxy groups -OCH3 is 1. The maximum absolute atomic E-state index is 13.0. The second-order valence-corrected chi connectivity index (χ2v) is 8.41. The van der Waals surface area contributed by atoms with E-state index >= 15 is 0 Å². The molecule has 176 valence electrons. The highest BCUT2D eigenvalue weighted by molar-refractivity contribution is 6.04. The fraction of sp³-hybridized carbons (Fsp3) is 0.185. The predicted octanol–water partition coefficient (Wildman–Crippen LogP) is 4.71. The zero-order chi connectivity index (χ0) is 24.4. The Labute approximate surface area is 202 Å². The molecule has 2 amide bonds. The first-order chi connectivity index (χ1) is 17.0. The van der Waals surface area contributed by atoms with Crippen LogP contribution in [0.5, 0.6) is 5.75 Å². The number of carbonyl (C=O) groups is 2. The lowest BCUT2D eigenvalue weighted by molar-refractivity contribution is -0.122. The van der Waals surface area contributed by atoms with Crippen LogP contribution in [-0.2, 0) is 9.59 Å². The Hall–Kier alpha value is -4.46. The zero-order valence-corrected chi connectivity index (χ0v) is 19.4. The fourth-order valence-electron chi connectivity index (χ4n) is 4.15. The SMILES string of the molecule is COc1ccc(-c2noc(-c3cccc(NC(=O)[C@@H]4CC(=O)N(c5ccccc5C)C4)c3)n2)cc1. The summed E-state index contributed by atoms with van der Waals surface area (Å²) in [5.74, 6) is 0.857. The molecule has 8 heteroatoms. The summed E-state index contributed by atoms with van der Waals surface area (Å²) in [5, 5.41) is 7.00. The molecule has 1 N–H and O–H groups in total. The van der Waals surface area contributed by atoms with Gasteiger partial charge in [0.25, 0.3) is 5.89 Å². The molecule has 0 aliphatic carbocycles. The largest absolute Gasteiger partial charge is 0.497 e. The van der Waals surface area contributed by atoms with Crippen LogP contribution in [0.1, 0.15) is 12.0 Å². The molecule has 3 aromatic carbocycles. The van der Waals surface area contributed by atoms with E-state index in [1.807, 2.05) is 67.6 Å². The van der Waals surface area contributed by atoms with E-state index in [0.717, 1.165) is 22.6 Å². The topological polar surface area (TPSA) is 97.6 Å². The maximum atomic E-state index is 13.0. The van der Waals surface area contributed by atoms with Crippen LogP contribution in [0.2, 0.25) is 0 Å². The van der Waals surface area contributed by atoms with Crippen molar-refractivity contribution in [2.24, 2.45) is 5.92 Å². The van der Waals surface area contributed by atoms with Crippen molar-refractivity contribution < 1.29 is 18.8 Å². The second kappa shape index (κ2) is 9.42. The summed E-state index contributed by atoms with van der Waals surface area (Å²) in [5.41, 5.74) is 3.92. The Bertz CT molecular complexity index is 1380. The van der Waals surface area contributed by atoms with E-state index in [2.05, 4.69) is 15.5 Å². The molecule has 1 fully saturated rings. The van der Waals surface area contributed by atoms with Gasteiger partial charge in [-0.05, 0) is 61.0 Å². The molecular formula is C27H24N4O4. The molecule has 5 rings (SSSR count). The summed E-state index contributed by atoms with van der Waals surface area (Å²) < 4.78 is 10.6. The highest BCUT2D eigenvalue weighted by Crippen LogP contribution is 2.29. The van der Waals surface area contributed by atoms with Crippen molar-refractivity contribution in [3.63, 3.8) is 0 Å². The highest BCUT2D eigenvalue weighted by atomic mass is 16.5. The van der Waals surface area contributed by atoms with E-state index in [1.165, 1.54) is 0 Å². The van der Waals surface area contributed by atoms with E-state index in [9.17, 15) is 9.59 Å². The van der Waals surface area contributed by atoms with E-state index in [-0.39, 0.29) is 18.2 Å². The van der Waals surface area contributed by atoms with Crippen LogP contribution in [0, 0.1) is 12.8 Å². The van der Waals surface area contributed by atoms with Gasteiger partial charge >= 0.3 is 0 Å². The summed E-state index contributed by atoms with van der Waals surface area (Å²) in [6.45, 7) is 2.31. The molecule has 1 aromatic heterocycles. The van der Waals surface area contributed by atoms with Gasteiger partial charge in [0.2, 0.25) is 17.6 Å². The Kier molecular flexibility index (Phi) is 6.01. The smallest absolute Gasteiger partial charge is 0.258 e. The molecule has 1 aliphatic heterocycles. The summed E-state index contributed by atoms with van der Waals surface area (Å²) in [6.07, 6.45) is 0.175. The second-order valence-electron chi connectivity index (χ2n) is 8.41. The van der Waals surface area contributed by atoms with Gasteiger partial charge in [0.15, 0.2) is 0 Å².